The van der Waals surface area contributed by atoms with Gasteiger partial charge in [0.2, 0.25) is 11.7 Å². The summed E-state index contributed by atoms with van der Waals surface area (Å²) < 4.78 is 43.1. The molecule has 13 nitrogen and oxygen atoms in total. The van der Waals surface area contributed by atoms with Crippen LogP contribution in [0.2, 0.25) is 0 Å². The van der Waals surface area contributed by atoms with E-state index in [9.17, 15) is 18.8 Å². The summed E-state index contributed by atoms with van der Waals surface area (Å²) in [7, 11) is 0. The van der Waals surface area contributed by atoms with Gasteiger partial charge in [-0.2, -0.15) is 5.10 Å². The largest absolute Gasteiger partial charge is 0.452 e. The second kappa shape index (κ2) is 12.1. The van der Waals surface area contributed by atoms with Crippen molar-refractivity contribution in [2.24, 2.45) is 0 Å². The number of hydrogen-bond acceptors (Lipinski definition) is 9. The number of anilines is 3. The van der Waals surface area contributed by atoms with Crippen molar-refractivity contribution in [1.82, 2.24) is 28.7 Å². The van der Waals surface area contributed by atoms with E-state index >= 15 is 4.39 Å². The van der Waals surface area contributed by atoms with Gasteiger partial charge in [0.05, 0.1) is 30.0 Å². The molecule has 2 aromatic carbocycles. The Hall–Kier alpha value is -6.38. The van der Waals surface area contributed by atoms with E-state index in [2.05, 4.69) is 25.7 Å². The quantitative estimate of drug-likeness (QED) is 0.245. The number of aryl methyl sites for hydroxylation is 1. The Morgan fingerprint density at radius 1 is 0.889 bits per heavy atom. The average Bonchev–Trinajstić information content (AvgIpc) is 3.50. The van der Waals surface area contributed by atoms with Gasteiger partial charge in [-0.05, 0) is 55.5 Å². The number of nitrogens with one attached hydrogen (secondary N) is 2. The second-order valence-electron chi connectivity index (χ2n) is 9.39. The summed E-state index contributed by atoms with van der Waals surface area (Å²) in [6, 6.07) is 13.3. The van der Waals surface area contributed by atoms with E-state index in [-0.39, 0.29) is 29.4 Å². The summed E-state index contributed by atoms with van der Waals surface area (Å²) >= 11 is 0. The first-order valence-corrected chi connectivity index (χ1v) is 13.4. The molecule has 6 aromatic rings. The van der Waals surface area contributed by atoms with Crippen LogP contribution in [0.15, 0.2) is 101 Å². The lowest BCUT2D eigenvalue weighted by Crippen LogP contribution is -2.39. The van der Waals surface area contributed by atoms with Gasteiger partial charge in [-0.1, -0.05) is 0 Å². The third kappa shape index (κ3) is 6.08. The molecule has 6 rings (SSSR count). The van der Waals surface area contributed by atoms with Gasteiger partial charge < -0.3 is 14.8 Å². The van der Waals surface area contributed by atoms with Crippen molar-refractivity contribution in [2.75, 3.05) is 10.6 Å². The molecule has 0 aliphatic carbocycles. The monoisotopic (exact) mass is 612 g/mol. The molecular formula is C30H22F2N8O5. The maximum atomic E-state index is 15.2. The molecule has 0 spiro atoms. The van der Waals surface area contributed by atoms with Crippen molar-refractivity contribution in [3.05, 3.63) is 124 Å². The zero-order valence-corrected chi connectivity index (χ0v) is 23.3. The third-order valence-electron chi connectivity index (χ3n) is 6.44. The van der Waals surface area contributed by atoms with Gasteiger partial charge in [0.15, 0.2) is 17.3 Å². The van der Waals surface area contributed by atoms with Crippen LogP contribution in [-0.4, -0.2) is 34.8 Å². The SMILES string of the molecule is CCn1cc(OC(=O)Nc2ccc(Oc3cc(Nc4ncccn4)cn4nccc34)c(F)c2)c(=O)n(-c2ccc(F)cc2)c1=O. The van der Waals surface area contributed by atoms with Crippen LogP contribution in [0.25, 0.3) is 11.2 Å². The number of pyridine rings is 1. The highest BCUT2D eigenvalue weighted by molar-refractivity contribution is 5.86. The van der Waals surface area contributed by atoms with Gasteiger partial charge in [-0.15, -0.1) is 0 Å². The molecule has 4 heterocycles. The highest BCUT2D eigenvalue weighted by Gasteiger charge is 2.18. The molecule has 0 aliphatic heterocycles. The first kappa shape index (κ1) is 28.7. The number of halogens is 2. The summed E-state index contributed by atoms with van der Waals surface area (Å²) in [6.45, 7) is 1.80. The highest BCUT2D eigenvalue weighted by Crippen LogP contribution is 2.32. The molecule has 4 aromatic heterocycles. The van der Waals surface area contributed by atoms with Gasteiger partial charge in [-0.3, -0.25) is 14.7 Å². The van der Waals surface area contributed by atoms with Gasteiger partial charge in [0.1, 0.15) is 11.3 Å². The predicted molar refractivity (Wildman–Crippen MR) is 159 cm³/mol. The number of benzene rings is 2. The van der Waals surface area contributed by atoms with Crippen molar-refractivity contribution in [3.63, 3.8) is 0 Å². The van der Waals surface area contributed by atoms with Crippen LogP contribution in [0.5, 0.6) is 17.2 Å². The molecule has 0 bridgehead atoms. The first-order valence-electron chi connectivity index (χ1n) is 13.4. The number of fused-ring (bicyclic) bond motifs is 1. The maximum absolute atomic E-state index is 15.2. The van der Waals surface area contributed by atoms with Gasteiger partial charge in [0.25, 0.3) is 0 Å². The summed E-state index contributed by atoms with van der Waals surface area (Å²) in [6.07, 6.45) is 6.37. The van der Waals surface area contributed by atoms with E-state index in [0.29, 0.717) is 17.2 Å². The normalized spacial score (nSPS) is 10.9. The molecule has 0 saturated carbocycles. The lowest BCUT2D eigenvalue weighted by molar-refractivity contribution is 0.213. The highest BCUT2D eigenvalue weighted by atomic mass is 19.1. The summed E-state index contributed by atoms with van der Waals surface area (Å²) in [5.74, 6) is -1.38. The fraction of sp³-hybridized carbons (Fsp3) is 0.0667. The third-order valence-corrected chi connectivity index (χ3v) is 6.44. The molecule has 2 N–H and O–H groups in total. The van der Waals surface area contributed by atoms with Crippen LogP contribution in [0.3, 0.4) is 0 Å². The van der Waals surface area contributed by atoms with Crippen molar-refractivity contribution in [2.45, 2.75) is 13.5 Å². The van der Waals surface area contributed by atoms with Crippen LogP contribution < -0.4 is 31.4 Å². The minimum Gasteiger partial charge on any atom is -0.452 e. The van der Waals surface area contributed by atoms with Crippen LogP contribution in [0, 0.1) is 11.6 Å². The van der Waals surface area contributed by atoms with Crippen LogP contribution in [0.4, 0.5) is 30.9 Å². The van der Waals surface area contributed by atoms with Crippen molar-refractivity contribution in [3.8, 4) is 22.9 Å². The van der Waals surface area contributed by atoms with E-state index in [4.69, 9.17) is 9.47 Å². The molecule has 1 amide bonds. The summed E-state index contributed by atoms with van der Waals surface area (Å²) in [4.78, 5) is 46.8. The molecule has 0 fully saturated rings. The van der Waals surface area contributed by atoms with E-state index in [0.717, 1.165) is 33.5 Å². The van der Waals surface area contributed by atoms with Crippen molar-refractivity contribution < 1.29 is 23.0 Å². The topological polar surface area (TPSA) is 147 Å². The summed E-state index contributed by atoms with van der Waals surface area (Å²) in [5.41, 5.74) is -0.481. The minimum absolute atomic E-state index is 0.00123. The zero-order chi connectivity index (χ0) is 31.5. The Balaban J connectivity index is 1.21. The fourth-order valence-electron chi connectivity index (χ4n) is 4.35. The Morgan fingerprint density at radius 3 is 2.40 bits per heavy atom. The number of aromatic nitrogens is 6. The number of ether oxygens (including phenoxy) is 2. The molecule has 0 aliphatic rings. The maximum Gasteiger partial charge on any atom is 0.417 e. The Morgan fingerprint density at radius 2 is 1.67 bits per heavy atom. The summed E-state index contributed by atoms with van der Waals surface area (Å²) in [5, 5.41) is 9.60. The lowest BCUT2D eigenvalue weighted by Gasteiger charge is -2.13. The molecular weight excluding hydrogens is 590 g/mol. The molecule has 0 atom stereocenters. The Kier molecular flexibility index (Phi) is 7.71. The number of amides is 1. The number of rotatable bonds is 8. The van der Waals surface area contributed by atoms with E-state index < -0.39 is 34.7 Å². The van der Waals surface area contributed by atoms with Crippen molar-refractivity contribution >= 4 is 28.9 Å². The molecule has 15 heteroatoms. The van der Waals surface area contributed by atoms with Crippen molar-refractivity contribution in [1.29, 1.82) is 0 Å². The van der Waals surface area contributed by atoms with Crippen LogP contribution in [0.1, 0.15) is 6.92 Å². The molecule has 0 radical (unpaired) electrons. The van der Waals surface area contributed by atoms with Gasteiger partial charge >= 0.3 is 17.3 Å². The number of carbonyl (C=O) groups is 1. The average molecular weight is 613 g/mol. The minimum atomic E-state index is -1.12. The van der Waals surface area contributed by atoms with E-state index in [1.54, 1.807) is 49.9 Å². The number of carbonyl (C=O) groups excluding carboxylic acids is 1. The smallest absolute Gasteiger partial charge is 0.417 e. The Labute approximate surface area is 252 Å². The molecule has 226 valence electrons. The standard InChI is InChI=1S/C30H22F2N8O5/c1-2-38-17-26(27(41)40(30(38)43)21-7-4-18(31)5-8-21)45-29(42)37-19-6-9-24(22(32)14-19)44-25-15-20(16-39-23(25)10-13-35-39)36-28-33-11-3-12-34-28/h3-17H,2H2,1H3,(H,37,42)(H,33,34,36). The zero-order valence-electron chi connectivity index (χ0n) is 23.3. The second-order valence-corrected chi connectivity index (χ2v) is 9.39. The van der Waals surface area contributed by atoms with Gasteiger partial charge in [-0.25, -0.2) is 37.4 Å². The van der Waals surface area contributed by atoms with E-state index in [1.165, 1.54) is 28.8 Å². The molecule has 45 heavy (non-hydrogen) atoms. The number of nitrogens with zero attached hydrogens (tertiary/aromatic N) is 6. The van der Waals surface area contributed by atoms with Gasteiger partial charge in [0, 0.05) is 36.8 Å². The van der Waals surface area contributed by atoms with Crippen LogP contribution >= 0.6 is 0 Å². The first-order chi connectivity index (χ1) is 21.8. The molecule has 0 unspecified atom stereocenters. The van der Waals surface area contributed by atoms with E-state index in [1.807, 2.05) is 0 Å². The number of hydrogen-bond donors (Lipinski definition) is 2. The Bertz CT molecular complexity index is 2150. The van der Waals surface area contributed by atoms with Crippen LogP contribution in [-0.2, 0) is 6.54 Å². The molecule has 0 saturated heterocycles. The predicted octanol–water partition coefficient (Wildman–Crippen LogP) is 4.88. The fourth-order valence-corrected chi connectivity index (χ4v) is 4.35. The lowest BCUT2D eigenvalue weighted by atomic mass is 10.3.